The third-order valence-electron chi connectivity index (χ3n) is 5.22. The number of alkyl halides is 3. The Morgan fingerprint density at radius 3 is 2.65 bits per heavy atom. The quantitative estimate of drug-likeness (QED) is 0.860. The van der Waals surface area contributed by atoms with Crippen LogP contribution < -0.4 is 4.72 Å². The van der Waals surface area contributed by atoms with Crippen molar-refractivity contribution in [1.82, 2.24) is 9.62 Å². The molecule has 1 saturated heterocycles. The van der Waals surface area contributed by atoms with Crippen LogP contribution in [0.25, 0.3) is 0 Å². The second kappa shape index (κ2) is 7.19. The first-order valence-corrected chi connectivity index (χ1v) is 10.1. The molecule has 0 spiro atoms. The molecule has 0 bridgehead atoms. The maximum absolute atomic E-state index is 12.8. The molecule has 3 rings (SSSR count). The first-order valence-electron chi connectivity index (χ1n) is 8.65. The van der Waals surface area contributed by atoms with Crippen molar-refractivity contribution >= 4 is 15.9 Å². The highest BCUT2D eigenvalue weighted by Crippen LogP contribution is 2.36. The van der Waals surface area contributed by atoms with Gasteiger partial charge in [0.1, 0.15) is 0 Å². The molecule has 2 fully saturated rings. The lowest BCUT2D eigenvalue weighted by Crippen LogP contribution is -2.44. The first-order chi connectivity index (χ1) is 12.2. The van der Waals surface area contributed by atoms with E-state index in [0.717, 1.165) is 50.3 Å². The number of fused-ring (bicyclic) bond motifs is 1. The molecule has 1 N–H and O–H groups in total. The number of likely N-dealkylation sites (tertiary alicyclic amines) is 1. The van der Waals surface area contributed by atoms with Gasteiger partial charge in [0.15, 0.2) is 0 Å². The van der Waals surface area contributed by atoms with Crippen molar-refractivity contribution in [3.8, 4) is 0 Å². The van der Waals surface area contributed by atoms with E-state index in [4.69, 9.17) is 0 Å². The summed E-state index contributed by atoms with van der Waals surface area (Å²) in [6.45, 7) is 0.168. The Morgan fingerprint density at radius 1 is 1.19 bits per heavy atom. The SMILES string of the molecule is O=C(CNS(=O)(=O)c1cccc(C(F)(F)F)c1)N1CCC2CCCCC21. The summed E-state index contributed by atoms with van der Waals surface area (Å²) in [5.74, 6) is 0.155. The van der Waals surface area contributed by atoms with Crippen LogP contribution in [0.3, 0.4) is 0 Å². The lowest BCUT2D eigenvalue weighted by atomic mass is 9.85. The molecule has 2 atom stereocenters. The predicted octanol–water partition coefficient (Wildman–Crippen LogP) is 2.77. The number of nitrogens with one attached hydrogen (secondary N) is 1. The van der Waals surface area contributed by atoms with Crippen molar-refractivity contribution in [3.63, 3.8) is 0 Å². The fourth-order valence-corrected chi connectivity index (χ4v) is 4.92. The van der Waals surface area contributed by atoms with Crippen molar-refractivity contribution < 1.29 is 26.4 Å². The number of hydrogen-bond donors (Lipinski definition) is 1. The number of rotatable bonds is 4. The van der Waals surface area contributed by atoms with E-state index in [1.54, 1.807) is 4.90 Å². The van der Waals surface area contributed by atoms with Gasteiger partial charge in [-0.2, -0.15) is 13.2 Å². The first kappa shape index (κ1) is 19.2. The van der Waals surface area contributed by atoms with Crippen molar-refractivity contribution in [2.24, 2.45) is 5.92 Å². The van der Waals surface area contributed by atoms with Crippen LogP contribution in [0.1, 0.15) is 37.7 Å². The van der Waals surface area contributed by atoms with Crippen LogP contribution in [0.2, 0.25) is 0 Å². The number of sulfonamides is 1. The monoisotopic (exact) mass is 390 g/mol. The topological polar surface area (TPSA) is 66.5 Å². The number of carbonyl (C=O) groups excluding carboxylic acids is 1. The van der Waals surface area contributed by atoms with Gasteiger partial charge in [-0.25, -0.2) is 13.1 Å². The van der Waals surface area contributed by atoms with E-state index in [2.05, 4.69) is 4.72 Å². The number of nitrogens with zero attached hydrogens (tertiary/aromatic N) is 1. The summed E-state index contributed by atoms with van der Waals surface area (Å²) in [7, 11) is -4.19. The minimum atomic E-state index is -4.63. The van der Waals surface area contributed by atoms with Gasteiger partial charge in [0, 0.05) is 12.6 Å². The molecule has 144 valence electrons. The number of halogens is 3. The summed E-state index contributed by atoms with van der Waals surface area (Å²) in [5, 5.41) is 0. The Labute approximate surface area is 150 Å². The lowest BCUT2D eigenvalue weighted by Gasteiger charge is -2.31. The molecule has 1 aliphatic carbocycles. The van der Waals surface area contributed by atoms with E-state index in [1.165, 1.54) is 0 Å². The second-order valence-corrected chi connectivity index (χ2v) is 8.60. The molecule has 2 unspecified atom stereocenters. The van der Waals surface area contributed by atoms with E-state index in [0.29, 0.717) is 18.5 Å². The summed E-state index contributed by atoms with van der Waals surface area (Å²) in [4.78, 5) is 13.6. The molecule has 5 nitrogen and oxygen atoms in total. The molecule has 0 radical (unpaired) electrons. The molecule has 1 aromatic rings. The average molecular weight is 390 g/mol. The number of amides is 1. The Morgan fingerprint density at radius 2 is 1.92 bits per heavy atom. The van der Waals surface area contributed by atoms with Crippen molar-refractivity contribution in [2.75, 3.05) is 13.1 Å². The van der Waals surface area contributed by atoms with Crippen LogP contribution in [0.5, 0.6) is 0 Å². The van der Waals surface area contributed by atoms with Gasteiger partial charge in [0.25, 0.3) is 0 Å². The zero-order valence-electron chi connectivity index (χ0n) is 14.1. The zero-order chi connectivity index (χ0) is 18.9. The summed E-state index contributed by atoms with van der Waals surface area (Å²) < 4.78 is 64.9. The third-order valence-corrected chi connectivity index (χ3v) is 6.61. The number of benzene rings is 1. The lowest BCUT2D eigenvalue weighted by molar-refractivity contribution is -0.137. The van der Waals surface area contributed by atoms with Gasteiger partial charge in [-0.15, -0.1) is 0 Å². The zero-order valence-corrected chi connectivity index (χ0v) is 14.9. The van der Waals surface area contributed by atoms with E-state index in [9.17, 15) is 26.4 Å². The van der Waals surface area contributed by atoms with Gasteiger partial charge in [-0.05, 0) is 43.4 Å². The molecular formula is C17H21F3N2O3S. The van der Waals surface area contributed by atoms with Crippen LogP contribution in [0.4, 0.5) is 13.2 Å². The Bertz CT molecular complexity index is 780. The van der Waals surface area contributed by atoms with Gasteiger partial charge in [0.2, 0.25) is 15.9 Å². The molecular weight excluding hydrogens is 369 g/mol. The molecule has 1 saturated carbocycles. The van der Waals surface area contributed by atoms with Crippen LogP contribution in [0.15, 0.2) is 29.2 Å². The second-order valence-electron chi connectivity index (χ2n) is 6.84. The van der Waals surface area contributed by atoms with Gasteiger partial charge in [0.05, 0.1) is 17.0 Å². The fraction of sp³-hybridized carbons (Fsp3) is 0.588. The van der Waals surface area contributed by atoms with Gasteiger partial charge < -0.3 is 4.90 Å². The molecule has 2 aliphatic rings. The molecule has 1 amide bonds. The summed E-state index contributed by atoms with van der Waals surface area (Å²) >= 11 is 0. The highest BCUT2D eigenvalue weighted by atomic mass is 32.2. The van der Waals surface area contributed by atoms with Crippen molar-refractivity contribution in [1.29, 1.82) is 0 Å². The minimum absolute atomic E-state index is 0.161. The number of hydrogen-bond acceptors (Lipinski definition) is 3. The van der Waals surface area contributed by atoms with Gasteiger partial charge in [-0.3, -0.25) is 4.79 Å². The third kappa shape index (κ3) is 4.03. The largest absolute Gasteiger partial charge is 0.416 e. The van der Waals surface area contributed by atoms with E-state index >= 15 is 0 Å². The Hall–Kier alpha value is -1.61. The fourth-order valence-electron chi connectivity index (χ4n) is 3.90. The van der Waals surface area contributed by atoms with Crippen LogP contribution >= 0.6 is 0 Å². The maximum Gasteiger partial charge on any atom is 0.416 e. The maximum atomic E-state index is 12.8. The Kier molecular flexibility index (Phi) is 5.30. The van der Waals surface area contributed by atoms with Crippen LogP contribution in [-0.4, -0.2) is 38.4 Å². The summed E-state index contributed by atoms with van der Waals surface area (Å²) in [6.07, 6.45) is 0.525. The average Bonchev–Trinajstić information content (AvgIpc) is 3.03. The van der Waals surface area contributed by atoms with E-state index < -0.39 is 33.2 Å². The van der Waals surface area contributed by atoms with Crippen LogP contribution in [-0.2, 0) is 21.0 Å². The number of carbonyl (C=O) groups is 1. The molecule has 1 aliphatic heterocycles. The minimum Gasteiger partial charge on any atom is -0.338 e. The molecule has 0 aromatic heterocycles. The summed E-state index contributed by atoms with van der Waals surface area (Å²) in [5.41, 5.74) is -1.05. The van der Waals surface area contributed by atoms with Crippen LogP contribution in [0, 0.1) is 5.92 Å². The molecule has 1 heterocycles. The predicted molar refractivity (Wildman–Crippen MR) is 88.7 cm³/mol. The van der Waals surface area contributed by atoms with Gasteiger partial charge >= 0.3 is 6.18 Å². The normalized spacial score (nSPS) is 23.7. The van der Waals surface area contributed by atoms with Crippen molar-refractivity contribution in [2.45, 2.75) is 49.2 Å². The van der Waals surface area contributed by atoms with Crippen molar-refractivity contribution in [3.05, 3.63) is 29.8 Å². The molecule has 9 heteroatoms. The summed E-state index contributed by atoms with van der Waals surface area (Å²) in [6, 6.07) is 3.65. The highest BCUT2D eigenvalue weighted by Gasteiger charge is 2.38. The molecule has 1 aromatic carbocycles. The smallest absolute Gasteiger partial charge is 0.338 e. The standard InChI is InChI=1S/C17H21F3N2O3S/c18-17(19,20)13-5-3-6-14(10-13)26(24,25)21-11-16(23)22-9-8-12-4-1-2-7-15(12)22/h3,5-6,10,12,15,21H,1-2,4,7-9,11H2. The highest BCUT2D eigenvalue weighted by molar-refractivity contribution is 7.89. The van der Waals surface area contributed by atoms with Gasteiger partial charge in [-0.1, -0.05) is 18.9 Å². The van der Waals surface area contributed by atoms with E-state index in [-0.39, 0.29) is 11.9 Å². The Balaban J connectivity index is 1.66. The molecule has 26 heavy (non-hydrogen) atoms. The van der Waals surface area contributed by atoms with E-state index in [1.807, 2.05) is 0 Å².